The summed E-state index contributed by atoms with van der Waals surface area (Å²) in [4.78, 5) is 17.4. The summed E-state index contributed by atoms with van der Waals surface area (Å²) in [7, 11) is -3.28. The molecular weight excluding hydrogens is 497 g/mol. The number of carbonyl (C=O) groups excluding carboxylic acids is 1. The van der Waals surface area contributed by atoms with Crippen LogP contribution in [-0.4, -0.2) is 30.2 Å². The lowest BCUT2D eigenvalue weighted by Crippen LogP contribution is -2.16. The molecule has 2 saturated carbocycles. The third kappa shape index (κ3) is 4.46. The van der Waals surface area contributed by atoms with E-state index in [0.29, 0.717) is 33.1 Å². The summed E-state index contributed by atoms with van der Waals surface area (Å²) < 4.78 is 29.5. The van der Waals surface area contributed by atoms with Gasteiger partial charge < -0.3 is 9.84 Å². The summed E-state index contributed by atoms with van der Waals surface area (Å²) in [6, 6.07) is 9.67. The molecule has 5 rings (SSSR count). The maximum absolute atomic E-state index is 12.6. The summed E-state index contributed by atoms with van der Waals surface area (Å²) in [5.74, 6) is 1.45. The summed E-state index contributed by atoms with van der Waals surface area (Å²) >= 11 is 13.3. The fourth-order valence-corrected chi connectivity index (χ4v) is 5.84. The van der Waals surface area contributed by atoms with Gasteiger partial charge in [0.05, 0.1) is 22.5 Å². The largest absolute Gasteiger partial charge is 0.338 e. The first kappa shape index (κ1) is 23.3. The SMILES string of the molecule is CCS(=O)(=O)c1ccc(CC(=O)Nc2cc(Cl)c(C3(c4nc(C5CC5)no4)CC3)c(Cl)c2)cc1. The number of halogens is 2. The van der Waals surface area contributed by atoms with E-state index in [1.54, 1.807) is 31.2 Å². The van der Waals surface area contributed by atoms with Crippen molar-refractivity contribution in [2.24, 2.45) is 0 Å². The molecule has 178 valence electrons. The Morgan fingerprint density at radius 2 is 1.79 bits per heavy atom. The van der Waals surface area contributed by atoms with Crippen molar-refractivity contribution in [1.82, 2.24) is 10.1 Å². The second kappa shape index (κ2) is 8.66. The van der Waals surface area contributed by atoms with Crippen LogP contribution in [0.1, 0.15) is 61.4 Å². The molecule has 7 nitrogen and oxygen atoms in total. The molecule has 2 aliphatic carbocycles. The maximum atomic E-state index is 12.6. The van der Waals surface area contributed by atoms with Crippen LogP contribution in [0, 0.1) is 0 Å². The molecule has 0 atom stereocenters. The predicted molar refractivity (Wildman–Crippen MR) is 129 cm³/mol. The molecular formula is C24H23Cl2N3O4S. The van der Waals surface area contributed by atoms with Crippen molar-refractivity contribution in [2.75, 3.05) is 11.1 Å². The van der Waals surface area contributed by atoms with Crippen LogP contribution in [-0.2, 0) is 26.5 Å². The zero-order valence-corrected chi connectivity index (χ0v) is 20.8. The van der Waals surface area contributed by atoms with Gasteiger partial charge in [0.2, 0.25) is 11.8 Å². The number of anilines is 1. The van der Waals surface area contributed by atoms with Gasteiger partial charge in [-0.1, -0.05) is 47.4 Å². The molecule has 1 aromatic heterocycles. The van der Waals surface area contributed by atoms with Crippen molar-refractivity contribution >= 4 is 44.6 Å². The number of nitrogens with zero attached hydrogens (tertiary/aromatic N) is 2. The number of hydrogen-bond donors (Lipinski definition) is 1. The van der Waals surface area contributed by atoms with Gasteiger partial charge in [0.15, 0.2) is 15.7 Å². The van der Waals surface area contributed by atoms with Gasteiger partial charge in [-0.25, -0.2) is 8.42 Å². The van der Waals surface area contributed by atoms with E-state index >= 15 is 0 Å². The standard InChI is InChI=1S/C24H23Cl2N3O4S/c1-2-34(31,32)17-7-3-14(4-8-17)11-20(30)27-16-12-18(25)21(19(26)13-16)24(9-10-24)23-28-22(29-33-23)15-5-6-15/h3-4,7-8,12-13,15H,2,5-6,9-11H2,1H3,(H,27,30). The molecule has 2 aliphatic rings. The van der Waals surface area contributed by atoms with Gasteiger partial charge in [-0.15, -0.1) is 0 Å². The van der Waals surface area contributed by atoms with E-state index in [2.05, 4.69) is 15.5 Å². The molecule has 34 heavy (non-hydrogen) atoms. The van der Waals surface area contributed by atoms with Crippen LogP contribution >= 0.6 is 23.2 Å². The highest BCUT2D eigenvalue weighted by Crippen LogP contribution is 2.57. The van der Waals surface area contributed by atoms with E-state index in [1.807, 2.05) is 0 Å². The predicted octanol–water partition coefficient (Wildman–Crippen LogP) is 5.31. The van der Waals surface area contributed by atoms with Crippen LogP contribution in [0.4, 0.5) is 5.69 Å². The van der Waals surface area contributed by atoms with E-state index in [-0.39, 0.29) is 23.0 Å². The van der Waals surface area contributed by atoms with Gasteiger partial charge in [-0.3, -0.25) is 4.79 Å². The molecule has 1 N–H and O–H groups in total. The maximum Gasteiger partial charge on any atom is 0.237 e. The molecule has 0 spiro atoms. The van der Waals surface area contributed by atoms with Gasteiger partial charge >= 0.3 is 0 Å². The van der Waals surface area contributed by atoms with Crippen LogP contribution in [0.25, 0.3) is 0 Å². The van der Waals surface area contributed by atoms with Crippen LogP contribution in [0.3, 0.4) is 0 Å². The molecule has 2 fully saturated rings. The number of carbonyl (C=O) groups is 1. The summed E-state index contributed by atoms with van der Waals surface area (Å²) in [6.45, 7) is 1.59. The van der Waals surface area contributed by atoms with Crippen molar-refractivity contribution < 1.29 is 17.7 Å². The number of sulfone groups is 1. The highest BCUT2D eigenvalue weighted by molar-refractivity contribution is 7.91. The second-order valence-electron chi connectivity index (χ2n) is 8.90. The van der Waals surface area contributed by atoms with Crippen LogP contribution in [0.2, 0.25) is 10.0 Å². The van der Waals surface area contributed by atoms with E-state index in [4.69, 9.17) is 27.7 Å². The monoisotopic (exact) mass is 519 g/mol. The minimum atomic E-state index is -3.28. The van der Waals surface area contributed by atoms with Crippen molar-refractivity contribution in [3.05, 3.63) is 69.3 Å². The van der Waals surface area contributed by atoms with Gasteiger partial charge in [0, 0.05) is 27.2 Å². The Labute approximate surface area is 207 Å². The molecule has 3 aromatic rings. The van der Waals surface area contributed by atoms with Crippen LogP contribution in [0.15, 0.2) is 45.8 Å². The average Bonchev–Trinajstić information content (AvgIpc) is 3.73. The molecule has 0 radical (unpaired) electrons. The van der Waals surface area contributed by atoms with E-state index in [1.165, 1.54) is 12.1 Å². The lowest BCUT2D eigenvalue weighted by molar-refractivity contribution is -0.115. The zero-order valence-electron chi connectivity index (χ0n) is 18.5. The Morgan fingerprint density at radius 3 is 2.35 bits per heavy atom. The Bertz CT molecular complexity index is 1340. The Morgan fingerprint density at radius 1 is 1.15 bits per heavy atom. The lowest BCUT2D eigenvalue weighted by atomic mass is 9.95. The van der Waals surface area contributed by atoms with Crippen LogP contribution < -0.4 is 5.32 Å². The molecule has 0 aliphatic heterocycles. The Balaban J connectivity index is 1.30. The zero-order chi connectivity index (χ0) is 24.1. The smallest absolute Gasteiger partial charge is 0.237 e. The second-order valence-corrected chi connectivity index (χ2v) is 12.0. The van der Waals surface area contributed by atoms with E-state index in [9.17, 15) is 13.2 Å². The first-order chi connectivity index (χ1) is 16.2. The van der Waals surface area contributed by atoms with Gasteiger partial charge in [0.25, 0.3) is 0 Å². The Kier molecular flexibility index (Phi) is 5.94. The van der Waals surface area contributed by atoms with Gasteiger partial charge in [-0.2, -0.15) is 4.98 Å². The number of rotatable bonds is 8. The number of aromatic nitrogens is 2. The quantitative estimate of drug-likeness (QED) is 0.432. The van der Waals surface area contributed by atoms with Crippen molar-refractivity contribution in [3.8, 4) is 0 Å². The topological polar surface area (TPSA) is 102 Å². The third-order valence-corrected chi connectivity index (χ3v) is 8.72. The summed E-state index contributed by atoms with van der Waals surface area (Å²) in [6.07, 6.45) is 3.88. The highest BCUT2D eigenvalue weighted by Gasteiger charge is 2.53. The van der Waals surface area contributed by atoms with E-state index in [0.717, 1.165) is 37.1 Å². The molecule has 1 amide bonds. The minimum absolute atomic E-state index is 0.0276. The third-order valence-electron chi connectivity index (χ3n) is 6.38. The number of nitrogens with one attached hydrogen (secondary N) is 1. The molecule has 10 heteroatoms. The molecule has 2 aromatic carbocycles. The van der Waals surface area contributed by atoms with Crippen LogP contribution in [0.5, 0.6) is 0 Å². The average molecular weight is 520 g/mol. The minimum Gasteiger partial charge on any atom is -0.338 e. The van der Waals surface area contributed by atoms with E-state index < -0.39 is 15.3 Å². The molecule has 1 heterocycles. The molecule has 0 saturated heterocycles. The number of hydrogen-bond acceptors (Lipinski definition) is 6. The molecule has 0 bridgehead atoms. The van der Waals surface area contributed by atoms with Gasteiger partial charge in [-0.05, 0) is 55.5 Å². The van der Waals surface area contributed by atoms with Gasteiger partial charge in [0.1, 0.15) is 0 Å². The summed E-state index contributed by atoms with van der Waals surface area (Å²) in [5, 5.41) is 7.81. The molecule has 0 unspecified atom stereocenters. The van der Waals surface area contributed by atoms with Crippen molar-refractivity contribution in [3.63, 3.8) is 0 Å². The normalized spacial score (nSPS) is 16.9. The van der Waals surface area contributed by atoms with Crippen molar-refractivity contribution in [1.29, 1.82) is 0 Å². The first-order valence-electron chi connectivity index (χ1n) is 11.2. The number of benzene rings is 2. The first-order valence-corrected chi connectivity index (χ1v) is 13.6. The fraction of sp³-hybridized carbons (Fsp3) is 0.375. The fourth-order valence-electron chi connectivity index (χ4n) is 4.11. The Hall–Kier alpha value is -2.42. The highest BCUT2D eigenvalue weighted by atomic mass is 35.5. The van der Waals surface area contributed by atoms with Crippen molar-refractivity contribution in [2.45, 2.75) is 55.3 Å². The summed E-state index contributed by atoms with van der Waals surface area (Å²) in [5.41, 5.74) is 1.44. The number of amides is 1. The lowest BCUT2D eigenvalue weighted by Gasteiger charge is -2.17.